The van der Waals surface area contributed by atoms with E-state index in [2.05, 4.69) is 40.1 Å². The van der Waals surface area contributed by atoms with Crippen LogP contribution in [0.5, 0.6) is 0 Å². The van der Waals surface area contributed by atoms with Crippen LogP contribution in [0.4, 0.5) is 0 Å². The number of benzene rings is 1. The van der Waals surface area contributed by atoms with E-state index in [0.29, 0.717) is 0 Å². The molecule has 19 heavy (non-hydrogen) atoms. The monoisotopic (exact) mass is 339 g/mol. The van der Waals surface area contributed by atoms with E-state index in [1.54, 1.807) is 11.8 Å². The minimum Gasteiger partial charge on any atom is -0.326 e. The second kappa shape index (κ2) is 6.59. The van der Waals surface area contributed by atoms with Crippen molar-refractivity contribution in [3.05, 3.63) is 46.7 Å². The highest BCUT2D eigenvalue weighted by molar-refractivity contribution is 9.10. The standard InChI is InChI=1S/C14H18BrN3S/c1-3-12(16)14(10-8-17-18(2)9-10)19-13-7-5-4-6-11(13)15/h4-9,12,14H,3,16H2,1-2H3. The molecule has 2 rings (SSSR count). The van der Waals surface area contributed by atoms with Crippen LogP contribution in [0.3, 0.4) is 0 Å². The van der Waals surface area contributed by atoms with E-state index in [9.17, 15) is 0 Å². The summed E-state index contributed by atoms with van der Waals surface area (Å²) in [5.41, 5.74) is 7.46. The summed E-state index contributed by atoms with van der Waals surface area (Å²) in [7, 11) is 1.93. The highest BCUT2D eigenvalue weighted by Gasteiger charge is 2.22. The van der Waals surface area contributed by atoms with Crippen molar-refractivity contribution in [3.63, 3.8) is 0 Å². The molecule has 0 aliphatic rings. The van der Waals surface area contributed by atoms with Crippen molar-refractivity contribution in [2.45, 2.75) is 29.5 Å². The Kier molecular flexibility index (Phi) is 5.07. The number of nitrogens with zero attached hydrogens (tertiary/aromatic N) is 2. The molecule has 2 N–H and O–H groups in total. The van der Waals surface area contributed by atoms with Crippen molar-refractivity contribution in [2.24, 2.45) is 12.8 Å². The SMILES string of the molecule is CCC(N)C(Sc1ccccc1Br)c1cnn(C)c1. The van der Waals surface area contributed by atoms with Gasteiger partial charge < -0.3 is 5.73 Å². The van der Waals surface area contributed by atoms with Gasteiger partial charge in [0.05, 0.1) is 11.4 Å². The summed E-state index contributed by atoms with van der Waals surface area (Å²) in [5.74, 6) is 0. The normalized spacial score (nSPS) is 14.3. The van der Waals surface area contributed by atoms with Gasteiger partial charge in [0.25, 0.3) is 0 Å². The van der Waals surface area contributed by atoms with Gasteiger partial charge in [0.1, 0.15) is 0 Å². The second-order valence-electron chi connectivity index (χ2n) is 4.49. The largest absolute Gasteiger partial charge is 0.326 e. The lowest BCUT2D eigenvalue weighted by Crippen LogP contribution is -2.25. The molecule has 1 aromatic carbocycles. The number of halogens is 1. The Morgan fingerprint density at radius 1 is 1.42 bits per heavy atom. The number of thioether (sulfide) groups is 1. The number of hydrogen-bond donors (Lipinski definition) is 1. The van der Waals surface area contributed by atoms with Gasteiger partial charge in [-0.05, 0) is 34.5 Å². The molecule has 0 aliphatic heterocycles. The molecule has 0 fully saturated rings. The fourth-order valence-electron chi connectivity index (χ4n) is 1.88. The topological polar surface area (TPSA) is 43.8 Å². The first-order valence-electron chi connectivity index (χ1n) is 6.27. The molecule has 3 nitrogen and oxygen atoms in total. The number of nitrogens with two attached hydrogens (primary N) is 1. The summed E-state index contributed by atoms with van der Waals surface area (Å²) in [5, 5.41) is 4.47. The second-order valence-corrected chi connectivity index (χ2v) is 6.53. The lowest BCUT2D eigenvalue weighted by atomic mass is 10.1. The average Bonchev–Trinajstić information content (AvgIpc) is 2.83. The van der Waals surface area contributed by atoms with Crippen LogP contribution in [-0.2, 0) is 7.05 Å². The average molecular weight is 340 g/mol. The van der Waals surface area contributed by atoms with Gasteiger partial charge in [-0.2, -0.15) is 5.10 Å². The Morgan fingerprint density at radius 3 is 2.74 bits per heavy atom. The predicted octanol–water partition coefficient (Wildman–Crippen LogP) is 3.75. The quantitative estimate of drug-likeness (QED) is 0.843. The van der Waals surface area contributed by atoms with Gasteiger partial charge in [-0.25, -0.2) is 0 Å². The predicted molar refractivity (Wildman–Crippen MR) is 84.2 cm³/mol. The van der Waals surface area contributed by atoms with Crippen molar-refractivity contribution in [1.29, 1.82) is 0 Å². The maximum atomic E-state index is 6.28. The molecule has 2 unspecified atom stereocenters. The summed E-state index contributed by atoms with van der Waals surface area (Å²) < 4.78 is 2.93. The third kappa shape index (κ3) is 3.61. The Bertz CT molecular complexity index is 541. The maximum Gasteiger partial charge on any atom is 0.0533 e. The first kappa shape index (κ1) is 14.6. The van der Waals surface area contributed by atoms with Crippen LogP contribution in [0.25, 0.3) is 0 Å². The Hall–Kier alpha value is -0.780. The molecule has 0 spiro atoms. The molecule has 0 saturated carbocycles. The van der Waals surface area contributed by atoms with Crippen molar-refractivity contribution in [2.75, 3.05) is 0 Å². The lowest BCUT2D eigenvalue weighted by molar-refractivity contribution is 0.633. The van der Waals surface area contributed by atoms with Crippen LogP contribution in [0, 0.1) is 0 Å². The van der Waals surface area contributed by atoms with Crippen LogP contribution in [-0.4, -0.2) is 15.8 Å². The maximum absolute atomic E-state index is 6.28. The fourth-order valence-corrected chi connectivity index (χ4v) is 3.68. The first-order chi connectivity index (χ1) is 9.11. The van der Waals surface area contributed by atoms with Crippen molar-refractivity contribution in [1.82, 2.24) is 9.78 Å². The lowest BCUT2D eigenvalue weighted by Gasteiger charge is -2.21. The Balaban J connectivity index is 2.27. The Labute approximate surface area is 126 Å². The molecular formula is C14H18BrN3S. The Morgan fingerprint density at radius 2 is 2.16 bits per heavy atom. The van der Waals surface area contributed by atoms with E-state index in [4.69, 9.17) is 5.73 Å². The summed E-state index contributed by atoms with van der Waals surface area (Å²) in [4.78, 5) is 1.21. The number of hydrogen-bond acceptors (Lipinski definition) is 3. The van der Waals surface area contributed by atoms with E-state index in [0.717, 1.165) is 10.9 Å². The smallest absolute Gasteiger partial charge is 0.0533 e. The van der Waals surface area contributed by atoms with Gasteiger partial charge >= 0.3 is 0 Å². The highest BCUT2D eigenvalue weighted by Crippen LogP contribution is 2.40. The first-order valence-corrected chi connectivity index (χ1v) is 7.94. The van der Waals surface area contributed by atoms with Gasteiger partial charge in [-0.15, -0.1) is 11.8 Å². The number of rotatable bonds is 5. The highest BCUT2D eigenvalue weighted by atomic mass is 79.9. The zero-order valence-electron chi connectivity index (χ0n) is 11.1. The number of aromatic nitrogens is 2. The van der Waals surface area contributed by atoms with Gasteiger partial charge in [0.15, 0.2) is 0 Å². The molecule has 0 radical (unpaired) electrons. The van der Waals surface area contributed by atoms with E-state index < -0.39 is 0 Å². The molecule has 0 bridgehead atoms. The van der Waals surface area contributed by atoms with Gasteiger partial charge in [0, 0.05) is 34.2 Å². The zero-order valence-corrected chi connectivity index (χ0v) is 13.5. The summed E-state index contributed by atoms with van der Waals surface area (Å²) in [6.45, 7) is 2.12. The molecule has 0 amide bonds. The molecule has 0 saturated heterocycles. The van der Waals surface area contributed by atoms with Crippen LogP contribution >= 0.6 is 27.7 Å². The van der Waals surface area contributed by atoms with Gasteiger partial charge in [-0.1, -0.05) is 19.1 Å². The summed E-state index contributed by atoms with van der Waals surface area (Å²) >= 11 is 5.38. The summed E-state index contributed by atoms with van der Waals surface area (Å²) in [6, 6.07) is 8.35. The molecule has 5 heteroatoms. The number of aryl methyl sites for hydroxylation is 1. The van der Waals surface area contributed by atoms with Crippen LogP contribution in [0.2, 0.25) is 0 Å². The molecular weight excluding hydrogens is 322 g/mol. The van der Waals surface area contributed by atoms with E-state index in [1.807, 2.05) is 36.3 Å². The fraction of sp³-hybridized carbons (Fsp3) is 0.357. The third-order valence-corrected chi connectivity index (χ3v) is 5.44. The molecule has 2 atom stereocenters. The van der Waals surface area contributed by atoms with Gasteiger partial charge in [-0.3, -0.25) is 4.68 Å². The minimum atomic E-state index is 0.112. The van der Waals surface area contributed by atoms with Crippen LogP contribution in [0.1, 0.15) is 24.2 Å². The van der Waals surface area contributed by atoms with E-state index in [-0.39, 0.29) is 11.3 Å². The zero-order chi connectivity index (χ0) is 13.8. The molecule has 2 aromatic rings. The third-order valence-electron chi connectivity index (χ3n) is 3.00. The van der Waals surface area contributed by atoms with Crippen molar-refractivity contribution in [3.8, 4) is 0 Å². The van der Waals surface area contributed by atoms with E-state index >= 15 is 0 Å². The minimum absolute atomic E-state index is 0.112. The molecule has 0 aliphatic carbocycles. The van der Waals surface area contributed by atoms with Crippen molar-refractivity contribution < 1.29 is 0 Å². The van der Waals surface area contributed by atoms with Gasteiger partial charge in [0.2, 0.25) is 0 Å². The van der Waals surface area contributed by atoms with Crippen molar-refractivity contribution >= 4 is 27.7 Å². The molecule has 102 valence electrons. The van der Waals surface area contributed by atoms with Crippen LogP contribution in [0.15, 0.2) is 46.0 Å². The van der Waals surface area contributed by atoms with E-state index in [1.165, 1.54) is 10.5 Å². The summed E-state index contributed by atoms with van der Waals surface area (Å²) in [6.07, 6.45) is 4.89. The van der Waals surface area contributed by atoms with Crippen LogP contribution < -0.4 is 5.73 Å². The molecule has 1 aromatic heterocycles. The molecule has 1 heterocycles.